The van der Waals surface area contributed by atoms with Gasteiger partial charge in [-0.2, -0.15) is 0 Å². The lowest BCUT2D eigenvalue weighted by atomic mass is 9.95. The molecule has 0 fully saturated rings. The van der Waals surface area contributed by atoms with E-state index in [1.165, 1.54) is 11.1 Å². The Morgan fingerprint density at radius 1 is 1.42 bits per heavy atom. The number of rotatable bonds is 0. The summed E-state index contributed by atoms with van der Waals surface area (Å²) in [5.74, 6) is 0.230. The normalized spacial score (nSPS) is 23.0. The summed E-state index contributed by atoms with van der Waals surface area (Å²) in [7, 11) is 1.86. The number of carbonyl (C=O) groups excluding carboxylic acids is 1. The number of hydrogen-bond acceptors (Lipinski definition) is 1. The Kier molecular flexibility index (Phi) is 1.56. The van der Waals surface area contributed by atoms with Crippen LogP contribution in [0.2, 0.25) is 0 Å². The molecule has 0 bridgehead atoms. The van der Waals surface area contributed by atoms with Crippen molar-refractivity contribution in [1.82, 2.24) is 4.90 Å². The molecule has 1 aliphatic carbocycles. The summed E-state index contributed by atoms with van der Waals surface area (Å²) < 4.78 is 0. The molecule has 0 spiro atoms. The first-order valence-corrected chi connectivity index (χ1v) is 4.33. The molecule has 64 valence electrons. The zero-order valence-corrected chi connectivity index (χ0v) is 7.55. The SMILES string of the molecule is CC1=CC2=C(CC1)C(=O)N(C)C2. The van der Waals surface area contributed by atoms with E-state index in [0.717, 1.165) is 25.0 Å². The highest BCUT2D eigenvalue weighted by atomic mass is 16.2. The van der Waals surface area contributed by atoms with Crippen LogP contribution in [-0.2, 0) is 4.79 Å². The maximum absolute atomic E-state index is 11.5. The quantitative estimate of drug-likeness (QED) is 0.530. The first-order chi connectivity index (χ1) is 5.68. The van der Waals surface area contributed by atoms with Crippen LogP contribution in [0.15, 0.2) is 22.8 Å². The average molecular weight is 163 g/mol. The summed E-state index contributed by atoms with van der Waals surface area (Å²) in [4.78, 5) is 13.3. The summed E-state index contributed by atoms with van der Waals surface area (Å²) in [6.45, 7) is 2.94. The van der Waals surface area contributed by atoms with Gasteiger partial charge >= 0.3 is 0 Å². The molecule has 0 saturated heterocycles. The van der Waals surface area contributed by atoms with E-state index in [1.54, 1.807) is 4.90 Å². The summed E-state index contributed by atoms with van der Waals surface area (Å²) in [5, 5.41) is 0. The third kappa shape index (κ3) is 0.986. The van der Waals surface area contributed by atoms with E-state index in [1.807, 2.05) is 7.05 Å². The summed E-state index contributed by atoms with van der Waals surface area (Å²) in [5.41, 5.74) is 3.69. The van der Waals surface area contributed by atoms with Gasteiger partial charge in [0.25, 0.3) is 0 Å². The van der Waals surface area contributed by atoms with Gasteiger partial charge in [0.15, 0.2) is 0 Å². The minimum absolute atomic E-state index is 0.230. The van der Waals surface area contributed by atoms with E-state index >= 15 is 0 Å². The fraction of sp³-hybridized carbons (Fsp3) is 0.500. The minimum atomic E-state index is 0.230. The highest BCUT2D eigenvalue weighted by Crippen LogP contribution is 2.29. The largest absolute Gasteiger partial charge is 0.338 e. The summed E-state index contributed by atoms with van der Waals surface area (Å²) >= 11 is 0. The predicted octanol–water partition coefficient (Wildman–Crippen LogP) is 1.50. The zero-order valence-electron chi connectivity index (χ0n) is 7.55. The molecule has 1 heterocycles. The van der Waals surface area contributed by atoms with Crippen LogP contribution in [0.1, 0.15) is 19.8 Å². The number of allylic oxidation sites excluding steroid dienone is 1. The van der Waals surface area contributed by atoms with Gasteiger partial charge in [-0.3, -0.25) is 4.79 Å². The fourth-order valence-electron chi connectivity index (χ4n) is 1.88. The molecule has 0 aromatic carbocycles. The molecule has 0 radical (unpaired) electrons. The lowest BCUT2D eigenvalue weighted by Gasteiger charge is -2.09. The first kappa shape index (κ1) is 7.59. The van der Waals surface area contributed by atoms with Crippen LogP contribution in [0.25, 0.3) is 0 Å². The lowest BCUT2D eigenvalue weighted by molar-refractivity contribution is -0.124. The Hall–Kier alpha value is -1.05. The molecule has 1 amide bonds. The highest BCUT2D eigenvalue weighted by molar-refractivity contribution is 5.97. The van der Waals surface area contributed by atoms with Crippen LogP contribution in [0.3, 0.4) is 0 Å². The molecule has 0 N–H and O–H groups in total. The van der Waals surface area contributed by atoms with Gasteiger partial charge in [-0.05, 0) is 25.3 Å². The van der Waals surface area contributed by atoms with Crippen molar-refractivity contribution in [2.75, 3.05) is 13.6 Å². The van der Waals surface area contributed by atoms with E-state index in [2.05, 4.69) is 13.0 Å². The molecule has 2 heteroatoms. The minimum Gasteiger partial charge on any atom is -0.338 e. The van der Waals surface area contributed by atoms with Gasteiger partial charge in [-0.25, -0.2) is 0 Å². The second kappa shape index (κ2) is 2.47. The van der Waals surface area contributed by atoms with Crippen molar-refractivity contribution in [3.8, 4) is 0 Å². The first-order valence-electron chi connectivity index (χ1n) is 4.33. The summed E-state index contributed by atoms with van der Waals surface area (Å²) in [6, 6.07) is 0. The second-order valence-corrected chi connectivity index (χ2v) is 3.66. The van der Waals surface area contributed by atoms with Crippen molar-refractivity contribution in [1.29, 1.82) is 0 Å². The topological polar surface area (TPSA) is 20.3 Å². The third-order valence-electron chi connectivity index (χ3n) is 2.59. The summed E-state index contributed by atoms with van der Waals surface area (Å²) in [6.07, 6.45) is 4.17. The van der Waals surface area contributed by atoms with E-state index < -0.39 is 0 Å². The molecule has 12 heavy (non-hydrogen) atoms. The molecule has 1 aliphatic heterocycles. The molecule has 2 aliphatic rings. The standard InChI is InChI=1S/C10H13NO/c1-7-3-4-9-8(5-7)6-11(2)10(9)12/h5H,3-4,6H2,1-2H3. The fourth-order valence-corrected chi connectivity index (χ4v) is 1.88. The van der Waals surface area contributed by atoms with Crippen molar-refractivity contribution in [3.63, 3.8) is 0 Å². The smallest absolute Gasteiger partial charge is 0.250 e. The van der Waals surface area contributed by atoms with Crippen LogP contribution in [0, 0.1) is 0 Å². The molecular weight excluding hydrogens is 150 g/mol. The number of hydrogen-bond donors (Lipinski definition) is 0. The Morgan fingerprint density at radius 3 is 2.92 bits per heavy atom. The average Bonchev–Trinajstić information content (AvgIpc) is 2.28. The van der Waals surface area contributed by atoms with Crippen molar-refractivity contribution in [2.24, 2.45) is 0 Å². The highest BCUT2D eigenvalue weighted by Gasteiger charge is 2.27. The van der Waals surface area contributed by atoms with Crippen LogP contribution in [-0.4, -0.2) is 24.4 Å². The van der Waals surface area contributed by atoms with E-state index in [-0.39, 0.29) is 5.91 Å². The number of carbonyl (C=O) groups is 1. The maximum atomic E-state index is 11.5. The monoisotopic (exact) mass is 163 g/mol. The Bertz CT molecular complexity index is 299. The van der Waals surface area contributed by atoms with Gasteiger partial charge in [0.05, 0.1) is 0 Å². The van der Waals surface area contributed by atoms with Crippen molar-refractivity contribution in [2.45, 2.75) is 19.8 Å². The van der Waals surface area contributed by atoms with Gasteiger partial charge in [-0.1, -0.05) is 11.6 Å². The van der Waals surface area contributed by atoms with E-state index in [4.69, 9.17) is 0 Å². The van der Waals surface area contributed by atoms with Crippen LogP contribution < -0.4 is 0 Å². The molecule has 0 saturated carbocycles. The molecular formula is C10H13NO. The maximum Gasteiger partial charge on any atom is 0.250 e. The number of amides is 1. The Labute approximate surface area is 72.6 Å². The van der Waals surface area contributed by atoms with Crippen molar-refractivity contribution >= 4 is 5.91 Å². The predicted molar refractivity (Wildman–Crippen MR) is 47.7 cm³/mol. The number of likely N-dealkylation sites (N-methyl/N-ethyl adjacent to an activating group) is 1. The Balaban J connectivity index is 2.36. The van der Waals surface area contributed by atoms with Crippen LogP contribution in [0.5, 0.6) is 0 Å². The van der Waals surface area contributed by atoms with Gasteiger partial charge in [-0.15, -0.1) is 0 Å². The lowest BCUT2D eigenvalue weighted by Crippen LogP contribution is -2.21. The van der Waals surface area contributed by atoms with Crippen molar-refractivity contribution in [3.05, 3.63) is 22.8 Å². The van der Waals surface area contributed by atoms with Gasteiger partial charge < -0.3 is 4.90 Å². The number of nitrogens with zero attached hydrogens (tertiary/aromatic N) is 1. The molecule has 0 aromatic heterocycles. The van der Waals surface area contributed by atoms with Crippen molar-refractivity contribution < 1.29 is 4.79 Å². The Morgan fingerprint density at radius 2 is 2.17 bits per heavy atom. The van der Waals surface area contributed by atoms with Crippen LogP contribution >= 0.6 is 0 Å². The van der Waals surface area contributed by atoms with Gasteiger partial charge in [0.1, 0.15) is 0 Å². The zero-order chi connectivity index (χ0) is 8.72. The van der Waals surface area contributed by atoms with E-state index in [9.17, 15) is 4.79 Å². The molecule has 2 rings (SSSR count). The van der Waals surface area contributed by atoms with Crippen LogP contribution in [0.4, 0.5) is 0 Å². The molecule has 0 unspecified atom stereocenters. The van der Waals surface area contributed by atoms with Gasteiger partial charge in [0, 0.05) is 19.2 Å². The second-order valence-electron chi connectivity index (χ2n) is 3.66. The molecule has 0 atom stereocenters. The van der Waals surface area contributed by atoms with E-state index in [0.29, 0.717) is 0 Å². The molecule has 2 nitrogen and oxygen atoms in total. The molecule has 0 aromatic rings. The van der Waals surface area contributed by atoms with Gasteiger partial charge in [0.2, 0.25) is 5.91 Å². The third-order valence-corrected chi connectivity index (χ3v) is 2.59.